The van der Waals surface area contributed by atoms with Gasteiger partial charge in [-0.15, -0.1) is 0 Å². The van der Waals surface area contributed by atoms with Crippen LogP contribution in [0.3, 0.4) is 0 Å². The van der Waals surface area contributed by atoms with Gasteiger partial charge in [0.15, 0.2) is 0 Å². The predicted molar refractivity (Wildman–Crippen MR) is 203 cm³/mol. The standard InChI is InChI=1S/C46H43N/c1-2-24-42(25-3-1)47(43-32-28-36(29-33-43)14-4-6-16-38-20-12-22-40-18-8-10-26-45(38)40)44-34-30-37(31-35-44)15-5-7-17-39-21-13-23-41-19-9-11-27-46(39)41/h1-7,12-17,20-25,28-35H,8-11,18-19,26-27H2. The molecule has 5 aromatic carbocycles. The Balaban J connectivity index is 1.04. The van der Waals surface area contributed by atoms with E-state index >= 15 is 0 Å². The van der Waals surface area contributed by atoms with Gasteiger partial charge in [-0.25, -0.2) is 0 Å². The van der Waals surface area contributed by atoms with Gasteiger partial charge in [-0.1, -0.05) is 127 Å². The van der Waals surface area contributed by atoms with E-state index in [1.165, 1.54) is 95.9 Å². The number of anilines is 3. The highest BCUT2D eigenvalue weighted by Crippen LogP contribution is 2.35. The summed E-state index contributed by atoms with van der Waals surface area (Å²) in [5, 5.41) is 0. The normalized spacial score (nSPS) is 14.6. The van der Waals surface area contributed by atoms with Crippen LogP contribution in [-0.4, -0.2) is 0 Å². The van der Waals surface area contributed by atoms with Crippen LogP contribution in [0.2, 0.25) is 0 Å². The zero-order chi connectivity index (χ0) is 31.7. The first-order chi connectivity index (χ1) is 23.3. The summed E-state index contributed by atoms with van der Waals surface area (Å²) in [7, 11) is 0. The smallest absolute Gasteiger partial charge is 0.0462 e. The molecule has 0 heterocycles. The molecule has 0 amide bonds. The van der Waals surface area contributed by atoms with Crippen molar-refractivity contribution in [3.8, 4) is 0 Å². The second kappa shape index (κ2) is 15.0. The Bertz CT molecular complexity index is 1780. The van der Waals surface area contributed by atoms with E-state index < -0.39 is 0 Å². The number of aryl methyl sites for hydroxylation is 2. The van der Waals surface area contributed by atoms with Crippen molar-refractivity contribution in [1.29, 1.82) is 0 Å². The molecule has 47 heavy (non-hydrogen) atoms. The van der Waals surface area contributed by atoms with Gasteiger partial charge in [0.25, 0.3) is 0 Å². The van der Waals surface area contributed by atoms with Gasteiger partial charge in [-0.05, 0) is 132 Å². The SMILES string of the molecule is C(C=Cc1cccc2c1CCCC2)=Cc1ccc(N(c2ccccc2)c2ccc(C=CC=Cc3cccc4c3CCCC4)cc2)cc1. The lowest BCUT2D eigenvalue weighted by Crippen LogP contribution is -2.09. The van der Waals surface area contributed by atoms with Crippen molar-refractivity contribution >= 4 is 41.4 Å². The van der Waals surface area contributed by atoms with Crippen LogP contribution < -0.4 is 4.90 Å². The summed E-state index contributed by atoms with van der Waals surface area (Å²) in [4.78, 5) is 2.32. The molecule has 1 heteroatoms. The Morgan fingerprint density at radius 3 is 1.28 bits per heavy atom. The third-order valence-electron chi connectivity index (χ3n) is 9.53. The molecule has 0 N–H and O–H groups in total. The Labute approximate surface area is 280 Å². The first kappa shape index (κ1) is 30.5. The van der Waals surface area contributed by atoms with Crippen LogP contribution in [0.5, 0.6) is 0 Å². The fourth-order valence-electron chi connectivity index (χ4n) is 7.08. The largest absolute Gasteiger partial charge is 0.311 e. The highest BCUT2D eigenvalue weighted by Gasteiger charge is 2.13. The molecular formula is C46H43N. The van der Waals surface area contributed by atoms with Crippen LogP contribution in [0, 0.1) is 0 Å². The molecule has 7 rings (SSSR count). The summed E-state index contributed by atoms with van der Waals surface area (Å²) < 4.78 is 0. The first-order valence-electron chi connectivity index (χ1n) is 17.3. The lowest BCUT2D eigenvalue weighted by molar-refractivity contribution is 0.684. The van der Waals surface area contributed by atoms with Crippen LogP contribution in [0.1, 0.15) is 70.2 Å². The first-order valence-corrected chi connectivity index (χ1v) is 17.3. The van der Waals surface area contributed by atoms with Crippen molar-refractivity contribution < 1.29 is 0 Å². The zero-order valence-electron chi connectivity index (χ0n) is 27.2. The molecule has 1 nitrogen and oxygen atoms in total. The van der Waals surface area contributed by atoms with E-state index in [9.17, 15) is 0 Å². The minimum Gasteiger partial charge on any atom is -0.311 e. The van der Waals surface area contributed by atoms with E-state index in [0.29, 0.717) is 0 Å². The van der Waals surface area contributed by atoms with Crippen LogP contribution >= 0.6 is 0 Å². The number of rotatable bonds is 9. The molecule has 0 aliphatic heterocycles. The highest BCUT2D eigenvalue weighted by atomic mass is 15.1. The van der Waals surface area contributed by atoms with Gasteiger partial charge in [0, 0.05) is 17.1 Å². The van der Waals surface area contributed by atoms with E-state index in [1.807, 2.05) is 0 Å². The molecule has 232 valence electrons. The van der Waals surface area contributed by atoms with Gasteiger partial charge in [0.2, 0.25) is 0 Å². The van der Waals surface area contributed by atoms with Crippen LogP contribution in [0.25, 0.3) is 24.3 Å². The maximum absolute atomic E-state index is 2.32. The van der Waals surface area contributed by atoms with E-state index in [-0.39, 0.29) is 0 Å². The summed E-state index contributed by atoms with van der Waals surface area (Å²) in [6, 6.07) is 41.8. The molecule has 0 unspecified atom stereocenters. The molecule has 5 aromatic rings. The molecule has 0 aromatic heterocycles. The number of allylic oxidation sites excluding steroid dienone is 4. The molecule has 2 aliphatic carbocycles. The summed E-state index contributed by atoms with van der Waals surface area (Å²) in [5.41, 5.74) is 14.6. The van der Waals surface area contributed by atoms with Crippen LogP contribution in [-0.2, 0) is 25.7 Å². The van der Waals surface area contributed by atoms with E-state index in [0.717, 1.165) is 17.1 Å². The summed E-state index contributed by atoms with van der Waals surface area (Å²) in [5.74, 6) is 0. The quantitative estimate of drug-likeness (QED) is 0.150. The summed E-state index contributed by atoms with van der Waals surface area (Å²) >= 11 is 0. The third-order valence-corrected chi connectivity index (χ3v) is 9.53. The molecule has 0 radical (unpaired) electrons. The van der Waals surface area contributed by atoms with Crippen molar-refractivity contribution in [2.45, 2.75) is 51.4 Å². The van der Waals surface area contributed by atoms with E-state index in [1.54, 1.807) is 0 Å². The Kier molecular flexibility index (Phi) is 9.72. The number of para-hydroxylation sites is 1. The van der Waals surface area contributed by atoms with Crippen LogP contribution in [0.15, 0.2) is 140 Å². The Morgan fingerprint density at radius 1 is 0.362 bits per heavy atom. The molecule has 0 fully saturated rings. The summed E-state index contributed by atoms with van der Waals surface area (Å²) in [6.45, 7) is 0. The maximum atomic E-state index is 2.32. The summed E-state index contributed by atoms with van der Waals surface area (Å²) in [6.07, 6.45) is 27.6. The van der Waals surface area contributed by atoms with Crippen molar-refractivity contribution in [2.24, 2.45) is 0 Å². The lowest BCUT2D eigenvalue weighted by Gasteiger charge is -2.25. The number of nitrogens with zero attached hydrogens (tertiary/aromatic N) is 1. The molecule has 0 saturated carbocycles. The van der Waals surface area contributed by atoms with Gasteiger partial charge in [-0.2, -0.15) is 0 Å². The van der Waals surface area contributed by atoms with E-state index in [4.69, 9.17) is 0 Å². The molecule has 0 saturated heterocycles. The molecule has 0 bridgehead atoms. The number of hydrogen-bond acceptors (Lipinski definition) is 1. The Hall–Kier alpha value is -5.14. The lowest BCUT2D eigenvalue weighted by atomic mass is 9.88. The fourth-order valence-corrected chi connectivity index (χ4v) is 7.08. The highest BCUT2D eigenvalue weighted by molar-refractivity contribution is 5.78. The number of fused-ring (bicyclic) bond motifs is 2. The van der Waals surface area contributed by atoms with Gasteiger partial charge in [-0.3, -0.25) is 0 Å². The van der Waals surface area contributed by atoms with Gasteiger partial charge in [0.05, 0.1) is 0 Å². The molecular weight excluding hydrogens is 567 g/mol. The molecule has 0 spiro atoms. The topological polar surface area (TPSA) is 3.24 Å². The van der Waals surface area contributed by atoms with Crippen molar-refractivity contribution in [1.82, 2.24) is 0 Å². The minimum atomic E-state index is 1.14. The van der Waals surface area contributed by atoms with Gasteiger partial charge >= 0.3 is 0 Å². The number of hydrogen-bond donors (Lipinski definition) is 0. The Morgan fingerprint density at radius 2 is 0.787 bits per heavy atom. The van der Waals surface area contributed by atoms with Crippen LogP contribution in [0.4, 0.5) is 17.1 Å². The van der Waals surface area contributed by atoms with Crippen molar-refractivity contribution in [2.75, 3.05) is 4.90 Å². The zero-order valence-corrected chi connectivity index (χ0v) is 27.2. The monoisotopic (exact) mass is 609 g/mol. The van der Waals surface area contributed by atoms with Gasteiger partial charge in [0.1, 0.15) is 0 Å². The van der Waals surface area contributed by atoms with E-state index in [2.05, 4.69) is 169 Å². The average Bonchev–Trinajstić information content (AvgIpc) is 3.14. The minimum absolute atomic E-state index is 1.14. The third kappa shape index (κ3) is 7.47. The maximum Gasteiger partial charge on any atom is 0.0462 e. The van der Waals surface area contributed by atoms with Gasteiger partial charge < -0.3 is 4.90 Å². The predicted octanol–water partition coefficient (Wildman–Crippen LogP) is 12.4. The molecule has 2 aliphatic rings. The second-order valence-electron chi connectivity index (χ2n) is 12.7. The van der Waals surface area contributed by atoms with Crippen molar-refractivity contribution in [3.63, 3.8) is 0 Å². The number of benzene rings is 5. The average molecular weight is 610 g/mol. The fraction of sp³-hybridized carbons (Fsp3) is 0.174. The second-order valence-corrected chi connectivity index (χ2v) is 12.7. The van der Waals surface area contributed by atoms with Crippen molar-refractivity contribution in [3.05, 3.63) is 184 Å². The molecule has 0 atom stereocenters.